The Morgan fingerprint density at radius 3 is 3.00 bits per heavy atom. The maximum atomic E-state index is 11.1. The second-order valence-electron chi connectivity index (χ2n) is 3.89. The predicted octanol–water partition coefficient (Wildman–Crippen LogP) is 1.84. The molecule has 1 aliphatic rings. The fourth-order valence-corrected chi connectivity index (χ4v) is 2.06. The zero-order valence-electron chi connectivity index (χ0n) is 8.38. The SMILES string of the molecule is CCC1(c2ccco2)CCC(=O)NC1. The number of hydrogen-bond acceptors (Lipinski definition) is 2. The summed E-state index contributed by atoms with van der Waals surface area (Å²) in [5, 5.41) is 2.91. The summed E-state index contributed by atoms with van der Waals surface area (Å²) in [5.74, 6) is 1.15. The van der Waals surface area contributed by atoms with Crippen molar-refractivity contribution in [3.05, 3.63) is 24.2 Å². The van der Waals surface area contributed by atoms with Crippen molar-refractivity contribution in [2.24, 2.45) is 0 Å². The van der Waals surface area contributed by atoms with Gasteiger partial charge in [0.1, 0.15) is 5.76 Å². The molecule has 1 atom stereocenters. The molecule has 1 aromatic rings. The third-order valence-electron chi connectivity index (χ3n) is 3.18. The summed E-state index contributed by atoms with van der Waals surface area (Å²) in [6, 6.07) is 3.91. The van der Waals surface area contributed by atoms with Gasteiger partial charge in [0, 0.05) is 18.4 Å². The van der Waals surface area contributed by atoms with Crippen molar-refractivity contribution in [3.8, 4) is 0 Å². The molecule has 1 aromatic heterocycles. The van der Waals surface area contributed by atoms with Gasteiger partial charge in [-0.05, 0) is 25.0 Å². The number of piperidine rings is 1. The van der Waals surface area contributed by atoms with Crippen LogP contribution in [0, 0.1) is 0 Å². The first-order valence-electron chi connectivity index (χ1n) is 5.07. The molecule has 0 bridgehead atoms. The third kappa shape index (κ3) is 1.43. The number of rotatable bonds is 2. The van der Waals surface area contributed by atoms with E-state index in [1.807, 2.05) is 12.1 Å². The highest BCUT2D eigenvalue weighted by atomic mass is 16.3. The van der Waals surface area contributed by atoms with E-state index in [1.165, 1.54) is 0 Å². The summed E-state index contributed by atoms with van der Waals surface area (Å²) >= 11 is 0. The first-order valence-corrected chi connectivity index (χ1v) is 5.07. The Labute approximate surface area is 83.5 Å². The summed E-state index contributed by atoms with van der Waals surface area (Å²) in [5.41, 5.74) is 0.0252. The first-order chi connectivity index (χ1) is 6.77. The molecule has 1 unspecified atom stereocenters. The van der Waals surface area contributed by atoms with Gasteiger partial charge in [-0.25, -0.2) is 0 Å². The maximum Gasteiger partial charge on any atom is 0.220 e. The highest BCUT2D eigenvalue weighted by Crippen LogP contribution is 2.34. The molecule has 1 aliphatic heterocycles. The molecule has 2 rings (SSSR count). The number of carbonyl (C=O) groups excluding carboxylic acids is 1. The molecule has 1 saturated heterocycles. The van der Waals surface area contributed by atoms with Gasteiger partial charge in [0.2, 0.25) is 5.91 Å². The van der Waals surface area contributed by atoms with Gasteiger partial charge in [-0.1, -0.05) is 6.92 Å². The lowest BCUT2D eigenvalue weighted by atomic mass is 9.76. The van der Waals surface area contributed by atoms with Crippen LogP contribution in [0.2, 0.25) is 0 Å². The molecular weight excluding hydrogens is 178 g/mol. The molecule has 3 nitrogen and oxygen atoms in total. The molecule has 0 radical (unpaired) electrons. The minimum atomic E-state index is 0.0252. The molecule has 0 spiro atoms. The van der Waals surface area contributed by atoms with E-state index in [9.17, 15) is 4.79 Å². The van der Waals surface area contributed by atoms with Crippen LogP contribution in [0.1, 0.15) is 31.9 Å². The topological polar surface area (TPSA) is 42.2 Å². The van der Waals surface area contributed by atoms with Gasteiger partial charge < -0.3 is 9.73 Å². The quantitative estimate of drug-likeness (QED) is 0.778. The van der Waals surface area contributed by atoms with Crippen LogP contribution in [-0.2, 0) is 10.2 Å². The molecule has 2 heterocycles. The van der Waals surface area contributed by atoms with E-state index in [0.29, 0.717) is 13.0 Å². The molecule has 1 amide bonds. The van der Waals surface area contributed by atoms with Crippen LogP contribution < -0.4 is 5.32 Å². The Kier molecular flexibility index (Phi) is 2.32. The fourth-order valence-electron chi connectivity index (χ4n) is 2.06. The maximum absolute atomic E-state index is 11.1. The minimum absolute atomic E-state index is 0.0252. The first kappa shape index (κ1) is 9.31. The summed E-state index contributed by atoms with van der Waals surface area (Å²) in [6.45, 7) is 2.84. The van der Waals surface area contributed by atoms with Gasteiger partial charge in [0.15, 0.2) is 0 Å². The number of amides is 1. The Balaban J connectivity index is 2.23. The van der Waals surface area contributed by atoms with Gasteiger partial charge in [-0.15, -0.1) is 0 Å². The van der Waals surface area contributed by atoms with Crippen LogP contribution in [0.15, 0.2) is 22.8 Å². The summed E-state index contributed by atoms with van der Waals surface area (Å²) in [4.78, 5) is 11.1. The van der Waals surface area contributed by atoms with E-state index in [0.717, 1.165) is 18.6 Å². The largest absolute Gasteiger partial charge is 0.469 e. The molecule has 76 valence electrons. The predicted molar refractivity (Wildman–Crippen MR) is 52.9 cm³/mol. The lowest BCUT2D eigenvalue weighted by Crippen LogP contribution is -2.45. The van der Waals surface area contributed by atoms with Gasteiger partial charge in [-0.2, -0.15) is 0 Å². The van der Waals surface area contributed by atoms with Crippen LogP contribution in [0.5, 0.6) is 0 Å². The fraction of sp³-hybridized carbons (Fsp3) is 0.545. The Morgan fingerprint density at radius 1 is 1.64 bits per heavy atom. The van der Waals surface area contributed by atoms with Crippen molar-refractivity contribution in [1.29, 1.82) is 0 Å². The van der Waals surface area contributed by atoms with Gasteiger partial charge in [0.25, 0.3) is 0 Å². The molecule has 0 aliphatic carbocycles. The Bertz CT molecular complexity index is 306. The van der Waals surface area contributed by atoms with Crippen molar-refractivity contribution in [3.63, 3.8) is 0 Å². The van der Waals surface area contributed by atoms with Gasteiger partial charge >= 0.3 is 0 Å². The van der Waals surface area contributed by atoms with Crippen LogP contribution in [0.25, 0.3) is 0 Å². The van der Waals surface area contributed by atoms with E-state index in [-0.39, 0.29) is 11.3 Å². The smallest absolute Gasteiger partial charge is 0.220 e. The zero-order chi connectivity index (χ0) is 10.0. The normalized spacial score (nSPS) is 27.4. The second-order valence-corrected chi connectivity index (χ2v) is 3.89. The molecule has 14 heavy (non-hydrogen) atoms. The molecule has 1 fully saturated rings. The number of nitrogens with one attached hydrogen (secondary N) is 1. The van der Waals surface area contributed by atoms with E-state index in [2.05, 4.69) is 12.2 Å². The van der Waals surface area contributed by atoms with E-state index in [4.69, 9.17) is 4.42 Å². The van der Waals surface area contributed by atoms with Crippen molar-refractivity contribution in [2.45, 2.75) is 31.6 Å². The highest BCUT2D eigenvalue weighted by molar-refractivity contribution is 5.77. The van der Waals surface area contributed by atoms with Crippen molar-refractivity contribution in [2.75, 3.05) is 6.54 Å². The van der Waals surface area contributed by atoms with Gasteiger partial charge in [-0.3, -0.25) is 4.79 Å². The highest BCUT2D eigenvalue weighted by Gasteiger charge is 2.36. The zero-order valence-corrected chi connectivity index (χ0v) is 8.38. The lowest BCUT2D eigenvalue weighted by molar-refractivity contribution is -0.123. The van der Waals surface area contributed by atoms with Crippen LogP contribution in [0.4, 0.5) is 0 Å². The Morgan fingerprint density at radius 2 is 2.50 bits per heavy atom. The minimum Gasteiger partial charge on any atom is -0.469 e. The average molecular weight is 193 g/mol. The summed E-state index contributed by atoms with van der Waals surface area (Å²) in [6.07, 6.45) is 4.20. The van der Waals surface area contributed by atoms with Crippen molar-refractivity contribution >= 4 is 5.91 Å². The standard InChI is InChI=1S/C11H15NO2/c1-2-11(9-4-3-7-14-9)6-5-10(13)12-8-11/h3-4,7H,2,5-6,8H2,1H3,(H,12,13). The summed E-state index contributed by atoms with van der Waals surface area (Å²) in [7, 11) is 0. The van der Waals surface area contributed by atoms with Crippen LogP contribution >= 0.6 is 0 Å². The molecule has 0 aromatic carbocycles. The molecule has 3 heteroatoms. The lowest BCUT2D eigenvalue weighted by Gasteiger charge is -2.34. The van der Waals surface area contributed by atoms with Gasteiger partial charge in [0.05, 0.1) is 6.26 Å². The number of hydrogen-bond donors (Lipinski definition) is 1. The molecule has 1 N–H and O–H groups in total. The van der Waals surface area contributed by atoms with E-state index < -0.39 is 0 Å². The molecular formula is C11H15NO2. The van der Waals surface area contributed by atoms with Crippen molar-refractivity contribution < 1.29 is 9.21 Å². The second kappa shape index (κ2) is 3.48. The summed E-state index contributed by atoms with van der Waals surface area (Å²) < 4.78 is 5.45. The third-order valence-corrected chi connectivity index (χ3v) is 3.18. The van der Waals surface area contributed by atoms with E-state index >= 15 is 0 Å². The monoisotopic (exact) mass is 193 g/mol. The Hall–Kier alpha value is -1.25. The average Bonchev–Trinajstić information content (AvgIpc) is 2.73. The van der Waals surface area contributed by atoms with E-state index in [1.54, 1.807) is 6.26 Å². The number of furan rings is 1. The van der Waals surface area contributed by atoms with Crippen LogP contribution in [-0.4, -0.2) is 12.5 Å². The molecule has 0 saturated carbocycles. The van der Waals surface area contributed by atoms with Crippen molar-refractivity contribution in [1.82, 2.24) is 5.32 Å². The van der Waals surface area contributed by atoms with Crippen LogP contribution in [0.3, 0.4) is 0 Å². The number of carbonyl (C=O) groups is 1.